The Hall–Kier alpha value is -1.93. The molecule has 0 spiro atoms. The van der Waals surface area contributed by atoms with Crippen molar-refractivity contribution in [3.05, 3.63) is 47.4 Å². The van der Waals surface area contributed by atoms with E-state index in [-0.39, 0.29) is 16.8 Å². The predicted molar refractivity (Wildman–Crippen MR) is 94.2 cm³/mol. The van der Waals surface area contributed by atoms with E-state index in [4.69, 9.17) is 5.73 Å². The maximum absolute atomic E-state index is 14.9. The average molecular weight is 368 g/mol. The molecular weight excluding hydrogens is 349 g/mol. The fourth-order valence-corrected chi connectivity index (χ4v) is 3.60. The molecule has 1 aromatic carbocycles. The molecule has 0 aliphatic carbocycles. The number of hydrogen-bond acceptors (Lipinski definition) is 5. The molecule has 2 aromatic rings. The van der Waals surface area contributed by atoms with Gasteiger partial charge >= 0.3 is 0 Å². The first kappa shape index (κ1) is 17.9. The van der Waals surface area contributed by atoms with Crippen molar-refractivity contribution < 1.29 is 13.2 Å². The van der Waals surface area contributed by atoms with Gasteiger partial charge in [-0.2, -0.15) is 4.39 Å². The molecule has 134 valence electrons. The highest BCUT2D eigenvalue weighted by atomic mass is 32.2. The molecule has 1 saturated heterocycles. The summed E-state index contributed by atoms with van der Waals surface area (Å²) in [5.41, 5.74) is 6.91. The highest BCUT2D eigenvalue weighted by Gasteiger charge is 2.26. The molecule has 3 rings (SSSR count). The summed E-state index contributed by atoms with van der Waals surface area (Å²) < 4.78 is 45.2. The maximum atomic E-state index is 14.9. The van der Waals surface area contributed by atoms with Crippen molar-refractivity contribution >= 4 is 23.5 Å². The Morgan fingerprint density at radius 2 is 2.16 bits per heavy atom. The van der Waals surface area contributed by atoms with Gasteiger partial charge in [0.15, 0.2) is 0 Å². The second kappa shape index (κ2) is 7.53. The van der Waals surface area contributed by atoms with Crippen LogP contribution in [0.4, 0.5) is 24.7 Å². The van der Waals surface area contributed by atoms with Crippen LogP contribution in [0.25, 0.3) is 0 Å². The molecule has 1 atom stereocenters. The van der Waals surface area contributed by atoms with E-state index in [9.17, 15) is 13.2 Å². The van der Waals surface area contributed by atoms with Crippen molar-refractivity contribution in [3.63, 3.8) is 0 Å². The van der Waals surface area contributed by atoms with E-state index in [1.54, 1.807) is 0 Å². The summed E-state index contributed by atoms with van der Waals surface area (Å²) in [6, 6.07) is 5.55. The van der Waals surface area contributed by atoms with Crippen molar-refractivity contribution in [2.75, 3.05) is 22.7 Å². The van der Waals surface area contributed by atoms with E-state index in [2.05, 4.69) is 9.71 Å². The molecule has 1 aliphatic rings. The number of anilines is 2. The van der Waals surface area contributed by atoms with Gasteiger partial charge in [-0.05, 0) is 43.0 Å². The summed E-state index contributed by atoms with van der Waals surface area (Å²) in [5, 5.41) is 0. The highest BCUT2D eigenvalue weighted by Crippen LogP contribution is 2.35. The lowest BCUT2D eigenvalue weighted by Gasteiger charge is -2.23. The minimum Gasteiger partial charge on any atom is -0.370 e. The molecule has 0 saturated carbocycles. The van der Waals surface area contributed by atoms with Crippen LogP contribution >= 0.6 is 11.9 Å². The van der Waals surface area contributed by atoms with Crippen molar-refractivity contribution in [2.45, 2.75) is 30.7 Å². The molecule has 1 fully saturated rings. The number of pyridine rings is 1. The minimum absolute atomic E-state index is 0.0191. The molecule has 0 bridgehead atoms. The molecule has 4 nitrogen and oxygen atoms in total. The number of nitrogens with zero attached hydrogens (tertiary/aromatic N) is 2. The maximum Gasteiger partial charge on any atom is 0.214 e. The standard InChI is InChI=1S/C17H19F3N4S/c1-2-11-13(24-7-6-10(21)9-24)8-12(18)17(16(11)20)25-23-15-5-3-4-14(19)22-15/h3-5,8,10H,2,6-7,9,21H2,1H3,(H,22,23). The number of halogens is 3. The smallest absolute Gasteiger partial charge is 0.214 e. The molecule has 2 heterocycles. The summed E-state index contributed by atoms with van der Waals surface area (Å²) in [6.45, 7) is 3.10. The summed E-state index contributed by atoms with van der Waals surface area (Å²) >= 11 is 0.744. The first-order valence-electron chi connectivity index (χ1n) is 8.06. The third kappa shape index (κ3) is 3.85. The number of benzene rings is 1. The van der Waals surface area contributed by atoms with Crippen LogP contribution in [0.5, 0.6) is 0 Å². The highest BCUT2D eigenvalue weighted by molar-refractivity contribution is 8.00. The molecule has 25 heavy (non-hydrogen) atoms. The van der Waals surface area contributed by atoms with Gasteiger partial charge in [0.05, 0.1) is 0 Å². The van der Waals surface area contributed by atoms with E-state index in [1.807, 2.05) is 11.8 Å². The van der Waals surface area contributed by atoms with Gasteiger partial charge in [0.2, 0.25) is 5.95 Å². The second-order valence-corrected chi connectivity index (χ2v) is 6.71. The van der Waals surface area contributed by atoms with Crippen LogP contribution in [0.1, 0.15) is 18.9 Å². The van der Waals surface area contributed by atoms with Crippen LogP contribution in [0.15, 0.2) is 29.2 Å². The predicted octanol–water partition coefficient (Wildman–Crippen LogP) is 3.72. The lowest BCUT2D eigenvalue weighted by molar-refractivity contribution is 0.531. The Morgan fingerprint density at radius 3 is 2.80 bits per heavy atom. The lowest BCUT2D eigenvalue weighted by Crippen LogP contribution is -2.27. The van der Waals surface area contributed by atoms with Crippen LogP contribution < -0.4 is 15.4 Å². The Kier molecular flexibility index (Phi) is 5.39. The fraction of sp³-hybridized carbons (Fsp3) is 0.353. The largest absolute Gasteiger partial charge is 0.370 e. The number of aromatic nitrogens is 1. The van der Waals surface area contributed by atoms with Gasteiger partial charge in [-0.25, -0.2) is 13.8 Å². The first-order chi connectivity index (χ1) is 12.0. The fourth-order valence-electron chi connectivity index (χ4n) is 2.91. The topological polar surface area (TPSA) is 54.2 Å². The number of nitrogens with one attached hydrogen (secondary N) is 1. The van der Waals surface area contributed by atoms with Gasteiger partial charge < -0.3 is 15.4 Å². The molecule has 1 aromatic heterocycles. The van der Waals surface area contributed by atoms with Crippen molar-refractivity contribution in [2.24, 2.45) is 5.73 Å². The van der Waals surface area contributed by atoms with Crippen molar-refractivity contribution in [1.82, 2.24) is 4.98 Å². The van der Waals surface area contributed by atoms with Gasteiger partial charge in [0.25, 0.3) is 0 Å². The molecule has 0 radical (unpaired) electrons. The van der Waals surface area contributed by atoms with E-state index in [0.29, 0.717) is 30.8 Å². The Morgan fingerprint density at radius 1 is 1.36 bits per heavy atom. The van der Waals surface area contributed by atoms with Gasteiger partial charge in [-0.3, -0.25) is 0 Å². The molecule has 8 heteroatoms. The Balaban J connectivity index is 1.87. The first-order valence-corrected chi connectivity index (χ1v) is 8.88. The lowest BCUT2D eigenvalue weighted by atomic mass is 10.1. The van der Waals surface area contributed by atoms with Gasteiger partial charge in [-0.15, -0.1) is 0 Å². The van der Waals surface area contributed by atoms with Gasteiger partial charge in [0.1, 0.15) is 22.3 Å². The van der Waals surface area contributed by atoms with E-state index in [0.717, 1.165) is 18.4 Å². The third-order valence-corrected chi connectivity index (χ3v) is 5.04. The van der Waals surface area contributed by atoms with Gasteiger partial charge in [-0.1, -0.05) is 13.0 Å². The third-order valence-electron chi connectivity index (χ3n) is 4.15. The van der Waals surface area contributed by atoms with Crippen molar-refractivity contribution in [3.8, 4) is 0 Å². The monoisotopic (exact) mass is 368 g/mol. The van der Waals surface area contributed by atoms with E-state index < -0.39 is 17.6 Å². The Labute approximate surface area is 148 Å². The van der Waals surface area contributed by atoms with Crippen molar-refractivity contribution in [1.29, 1.82) is 0 Å². The van der Waals surface area contributed by atoms with E-state index >= 15 is 0 Å². The molecular formula is C17H19F3N4S. The van der Waals surface area contributed by atoms with Crippen LogP contribution in [-0.4, -0.2) is 24.1 Å². The minimum atomic E-state index is -0.668. The zero-order chi connectivity index (χ0) is 18.0. The van der Waals surface area contributed by atoms with Gasteiger partial charge in [0, 0.05) is 30.4 Å². The summed E-state index contributed by atoms with van der Waals surface area (Å²) in [5.74, 6) is -1.75. The summed E-state index contributed by atoms with van der Waals surface area (Å²) in [6.07, 6.45) is 1.23. The Bertz CT molecular complexity index is 772. The second-order valence-electron chi connectivity index (χ2n) is 5.90. The summed E-state index contributed by atoms with van der Waals surface area (Å²) in [4.78, 5) is 5.38. The van der Waals surface area contributed by atoms with E-state index in [1.165, 1.54) is 24.3 Å². The molecule has 3 N–H and O–H groups in total. The average Bonchev–Trinajstić information content (AvgIpc) is 3.00. The van der Waals surface area contributed by atoms with Crippen LogP contribution in [0.2, 0.25) is 0 Å². The number of hydrogen-bond donors (Lipinski definition) is 2. The SMILES string of the molecule is CCc1c(N2CCC(N)C2)cc(F)c(SNc2cccc(F)n2)c1F. The quantitative estimate of drug-likeness (QED) is 0.622. The van der Waals surface area contributed by atoms with Crippen LogP contribution in [0, 0.1) is 17.6 Å². The normalized spacial score (nSPS) is 17.2. The zero-order valence-corrected chi connectivity index (χ0v) is 14.5. The number of rotatable bonds is 5. The zero-order valence-electron chi connectivity index (χ0n) is 13.7. The van der Waals surface area contributed by atoms with Crippen LogP contribution in [0.3, 0.4) is 0 Å². The summed E-state index contributed by atoms with van der Waals surface area (Å²) in [7, 11) is 0. The molecule has 0 amide bonds. The molecule has 1 aliphatic heterocycles. The van der Waals surface area contributed by atoms with Crippen LogP contribution in [-0.2, 0) is 6.42 Å². The molecule has 1 unspecified atom stereocenters. The number of nitrogens with two attached hydrogens (primary N) is 1.